The molecule has 0 bridgehead atoms. The van der Waals surface area contributed by atoms with E-state index in [4.69, 9.17) is 9.72 Å². The van der Waals surface area contributed by atoms with E-state index in [-0.39, 0.29) is 32.4 Å². The van der Waals surface area contributed by atoms with Crippen molar-refractivity contribution in [3.05, 3.63) is 302 Å². The van der Waals surface area contributed by atoms with E-state index in [0.717, 1.165) is 94.9 Å². The fourth-order valence-electron chi connectivity index (χ4n) is 13.1. The van der Waals surface area contributed by atoms with Crippen LogP contribution in [0.1, 0.15) is 48.9 Å². The Kier molecular flexibility index (Phi) is 12.4. The van der Waals surface area contributed by atoms with Gasteiger partial charge < -0.3 is 23.7 Å². The van der Waals surface area contributed by atoms with E-state index >= 15 is 0 Å². The molecule has 0 unspecified atom stereocenters. The molecule has 0 amide bonds. The molecule has 1 aliphatic carbocycles. The van der Waals surface area contributed by atoms with Crippen LogP contribution < -0.4 is 14.5 Å². The van der Waals surface area contributed by atoms with Crippen LogP contribution >= 0.6 is 0 Å². The summed E-state index contributed by atoms with van der Waals surface area (Å²) in [5, 5.41) is 4.64. The molecule has 0 saturated carbocycles. The fourth-order valence-corrected chi connectivity index (χ4v) is 13.1. The number of fused-ring (bicyclic) bond motifs is 10. The molecule has 0 fully saturated rings. The second-order valence-electron chi connectivity index (χ2n) is 22.8. The minimum absolute atomic E-state index is 0. The van der Waals surface area contributed by atoms with E-state index in [0.29, 0.717) is 11.5 Å². The van der Waals surface area contributed by atoms with E-state index < -0.39 is 0 Å². The van der Waals surface area contributed by atoms with Crippen molar-refractivity contribution in [2.75, 3.05) is 9.80 Å². The molecule has 0 atom stereocenters. The Hall–Kier alpha value is -9.74. The van der Waals surface area contributed by atoms with Crippen LogP contribution in [0.5, 0.6) is 11.5 Å². The van der Waals surface area contributed by atoms with Gasteiger partial charge in [-0.1, -0.05) is 202 Å². The molecule has 0 saturated heterocycles. The van der Waals surface area contributed by atoms with Crippen LogP contribution in [0, 0.1) is 18.8 Å². The molecule has 0 radical (unpaired) electrons. The molecule has 406 valence electrons. The van der Waals surface area contributed by atoms with Crippen LogP contribution in [0.2, 0.25) is 0 Å². The first-order valence-electron chi connectivity index (χ1n) is 28.5. The van der Waals surface area contributed by atoms with Gasteiger partial charge in [0.15, 0.2) is 0 Å². The van der Waals surface area contributed by atoms with Crippen LogP contribution in [0.4, 0.5) is 22.7 Å². The van der Waals surface area contributed by atoms with Gasteiger partial charge in [-0.05, 0) is 104 Å². The minimum Gasteiger partial charge on any atom is -0.509 e. The summed E-state index contributed by atoms with van der Waals surface area (Å²) in [4.78, 5) is 9.65. The third-order valence-electron chi connectivity index (χ3n) is 16.9. The Balaban J connectivity index is 0.00000600. The zero-order valence-corrected chi connectivity index (χ0v) is 48.7. The number of nitrogens with zero attached hydrogens (tertiary/aromatic N) is 5. The van der Waals surface area contributed by atoms with Crippen molar-refractivity contribution < 1.29 is 25.8 Å². The Morgan fingerprint density at radius 2 is 0.976 bits per heavy atom. The maximum atomic E-state index is 7.19. The molecular weight excluding hydrogens is 1210 g/mol. The summed E-state index contributed by atoms with van der Waals surface area (Å²) in [7, 11) is 0. The Bertz CT molecular complexity index is 4720. The molecule has 11 aromatic carbocycles. The number of anilines is 4. The molecule has 0 N–H and O–H groups in total. The zero-order chi connectivity index (χ0) is 55.3. The summed E-state index contributed by atoms with van der Waals surface area (Å²) < 4.78 is 11.8. The van der Waals surface area contributed by atoms with Gasteiger partial charge in [0.05, 0.1) is 11.0 Å². The maximum Gasteiger partial charge on any atom is 0.135 e. The van der Waals surface area contributed by atoms with Crippen molar-refractivity contribution in [2.24, 2.45) is 0 Å². The number of benzene rings is 11. The number of para-hydroxylation sites is 5. The molecule has 3 aromatic heterocycles. The number of hydrogen-bond acceptors (Lipinski definition) is 4. The van der Waals surface area contributed by atoms with Crippen LogP contribution in [-0.4, -0.2) is 14.1 Å². The van der Waals surface area contributed by atoms with Crippen LogP contribution in [0.15, 0.2) is 261 Å². The summed E-state index contributed by atoms with van der Waals surface area (Å²) in [6.45, 7) is 8.97. The molecule has 2 aliphatic rings. The van der Waals surface area contributed by atoms with E-state index in [2.05, 4.69) is 307 Å². The van der Waals surface area contributed by atoms with E-state index in [1.165, 1.54) is 38.6 Å². The van der Waals surface area contributed by atoms with Gasteiger partial charge in [-0.3, -0.25) is 0 Å². The summed E-state index contributed by atoms with van der Waals surface area (Å²) in [6.07, 6.45) is 1.92. The number of aromatic nitrogens is 3. The van der Waals surface area contributed by atoms with Crippen molar-refractivity contribution in [2.45, 2.75) is 32.1 Å². The minimum atomic E-state index is -0.0648. The molecule has 0 spiro atoms. The van der Waals surface area contributed by atoms with Crippen molar-refractivity contribution >= 4 is 66.4 Å². The van der Waals surface area contributed by atoms with Crippen LogP contribution in [0.25, 0.3) is 88.5 Å². The van der Waals surface area contributed by atoms with E-state index in [1.807, 2.05) is 12.3 Å². The summed E-state index contributed by atoms with van der Waals surface area (Å²) in [5.41, 5.74) is 21.0. The predicted molar refractivity (Wildman–Crippen MR) is 341 cm³/mol. The molecule has 4 heterocycles. The maximum absolute atomic E-state index is 7.19. The number of pyridine rings is 1. The largest absolute Gasteiger partial charge is 0.509 e. The quantitative estimate of drug-likeness (QED) is 0.135. The molecular formula is C77H54N5OPt-3. The third kappa shape index (κ3) is 8.38. The SMILES string of the molecule is CC(C)(C)c1ccnc(-n2c3[c-]c(Oc4[c-]c(N5[CH-]N(c6c(-c7ccccc7)cc(-n7c8ccccc8c8ccccc87)cc6-c6ccccc6)c6ccccc65)cc(C5c6ccccc6-c6ccccc65)c4)ccc3c3ccccc32)c1.[Pt]. The molecule has 14 aromatic rings. The summed E-state index contributed by atoms with van der Waals surface area (Å²) >= 11 is 0. The second-order valence-corrected chi connectivity index (χ2v) is 22.8. The normalized spacial score (nSPS) is 12.9. The first-order chi connectivity index (χ1) is 40.8. The van der Waals surface area contributed by atoms with Crippen molar-refractivity contribution in [3.63, 3.8) is 0 Å². The smallest absolute Gasteiger partial charge is 0.135 e. The van der Waals surface area contributed by atoms with Crippen molar-refractivity contribution in [3.8, 4) is 56.4 Å². The summed E-state index contributed by atoms with van der Waals surface area (Å²) in [5.74, 6) is 1.94. The first kappa shape index (κ1) is 51.2. The Labute approximate surface area is 503 Å². The van der Waals surface area contributed by atoms with Gasteiger partial charge in [-0.15, -0.1) is 53.6 Å². The van der Waals surface area contributed by atoms with Crippen LogP contribution in [-0.2, 0) is 26.5 Å². The molecule has 6 nitrogen and oxygen atoms in total. The zero-order valence-electron chi connectivity index (χ0n) is 46.4. The third-order valence-corrected chi connectivity index (χ3v) is 16.9. The molecule has 7 heteroatoms. The van der Waals surface area contributed by atoms with Gasteiger partial charge in [0.1, 0.15) is 5.82 Å². The average Bonchev–Trinajstić information content (AvgIpc) is 2.81. The van der Waals surface area contributed by atoms with Gasteiger partial charge in [0, 0.05) is 94.8 Å². The summed E-state index contributed by atoms with van der Waals surface area (Å²) in [6, 6.07) is 99.5. The monoisotopic (exact) mass is 1260 g/mol. The van der Waals surface area contributed by atoms with E-state index in [9.17, 15) is 0 Å². The Morgan fingerprint density at radius 3 is 1.58 bits per heavy atom. The fraction of sp³-hybridized carbons (Fsp3) is 0.0649. The van der Waals surface area contributed by atoms with Crippen molar-refractivity contribution in [1.82, 2.24) is 14.1 Å². The molecule has 16 rings (SSSR count). The van der Waals surface area contributed by atoms with Crippen molar-refractivity contribution in [1.29, 1.82) is 0 Å². The number of ether oxygens (including phenoxy) is 1. The van der Waals surface area contributed by atoms with Gasteiger partial charge in [-0.25, -0.2) is 4.98 Å². The standard InChI is InChI=1S/C77H54N5O.Pt/c1-77(2,3)53-40-41-78-74(44-53)82-70-35-19-16-30-62(70)63-39-38-56(48-73(63)82)83-57-43-52(75-64-31-12-10-26-58(64)59-27-11-13-32-65(59)75)42-54(45-57)79-49-80(72-37-21-20-36-71(72)79)76-66(50-22-6-4-7-23-50)46-55(47-67(76)51-24-8-5-9-25-51)81-68-33-17-14-28-60(68)61-29-15-18-34-69(61)81;/h4-44,46-47,49,75H,1-3H3;/q-3;. The van der Waals surface area contributed by atoms with E-state index in [1.54, 1.807) is 0 Å². The first-order valence-corrected chi connectivity index (χ1v) is 28.5. The average molecular weight is 1260 g/mol. The Morgan fingerprint density at radius 1 is 0.452 bits per heavy atom. The van der Waals surface area contributed by atoms with Crippen LogP contribution in [0.3, 0.4) is 0 Å². The van der Waals surface area contributed by atoms with Gasteiger partial charge in [0.2, 0.25) is 0 Å². The van der Waals surface area contributed by atoms with Gasteiger partial charge in [0.25, 0.3) is 0 Å². The van der Waals surface area contributed by atoms with Gasteiger partial charge in [-0.2, -0.15) is 6.07 Å². The second kappa shape index (κ2) is 20.3. The molecule has 1 aliphatic heterocycles. The topological polar surface area (TPSA) is 38.5 Å². The number of rotatable bonds is 9. The predicted octanol–water partition coefficient (Wildman–Crippen LogP) is 19.9. The van der Waals surface area contributed by atoms with Gasteiger partial charge >= 0.3 is 0 Å². The molecule has 84 heavy (non-hydrogen) atoms. The number of hydrogen-bond donors (Lipinski definition) is 0.